The molecule has 0 bridgehead atoms. The molecule has 0 unspecified atom stereocenters. The van der Waals surface area contributed by atoms with Gasteiger partial charge in [0, 0.05) is 43.6 Å². The van der Waals surface area contributed by atoms with Gasteiger partial charge in [-0.05, 0) is 25.0 Å². The highest BCUT2D eigenvalue weighted by Crippen LogP contribution is 2.29. The predicted octanol–water partition coefficient (Wildman–Crippen LogP) is 3.39. The first kappa shape index (κ1) is 16.0. The maximum Gasteiger partial charge on any atom is 0.135 e. The Labute approximate surface area is 144 Å². The van der Waals surface area contributed by atoms with Gasteiger partial charge in [-0.2, -0.15) is 5.10 Å². The average Bonchev–Trinajstić information content (AvgIpc) is 3.28. The lowest BCUT2D eigenvalue weighted by molar-refractivity contribution is 0.180. The fourth-order valence-electron chi connectivity index (χ4n) is 3.49. The highest BCUT2D eigenvalue weighted by atomic mass is 19.1. The molecule has 3 aromatic rings. The molecule has 0 saturated carbocycles. The Kier molecular flexibility index (Phi) is 4.31. The second kappa shape index (κ2) is 6.76. The summed E-state index contributed by atoms with van der Waals surface area (Å²) in [6.07, 6.45) is 9.36. The molecule has 1 saturated heterocycles. The lowest BCUT2D eigenvalue weighted by atomic mass is 10.0. The van der Waals surface area contributed by atoms with E-state index in [1.165, 1.54) is 18.2 Å². The van der Waals surface area contributed by atoms with Gasteiger partial charge in [0.25, 0.3) is 0 Å². The SMILES string of the molecule is Fc1cccc(F)c1-c1[nH]ncc1CN1CCC(n2ccnc2)CC1. The molecule has 3 heterocycles. The number of hydrogen-bond donors (Lipinski definition) is 1. The summed E-state index contributed by atoms with van der Waals surface area (Å²) < 4.78 is 30.3. The molecular weight excluding hydrogens is 324 g/mol. The summed E-state index contributed by atoms with van der Waals surface area (Å²) >= 11 is 0. The molecule has 0 aliphatic carbocycles. The molecule has 25 heavy (non-hydrogen) atoms. The van der Waals surface area contributed by atoms with Gasteiger partial charge in [-0.1, -0.05) is 6.07 Å². The Morgan fingerprint density at radius 3 is 2.60 bits per heavy atom. The minimum Gasteiger partial charge on any atom is -0.334 e. The van der Waals surface area contributed by atoms with Crippen LogP contribution in [0.3, 0.4) is 0 Å². The first-order valence-electron chi connectivity index (χ1n) is 8.39. The molecule has 7 heteroatoms. The largest absolute Gasteiger partial charge is 0.334 e. The Bertz CT molecular complexity index is 815. The summed E-state index contributed by atoms with van der Waals surface area (Å²) in [6.45, 7) is 2.47. The van der Waals surface area contributed by atoms with E-state index < -0.39 is 11.6 Å². The maximum absolute atomic E-state index is 14.1. The number of benzene rings is 1. The van der Waals surface area contributed by atoms with Crippen molar-refractivity contribution >= 4 is 0 Å². The summed E-state index contributed by atoms with van der Waals surface area (Å²) in [5, 5.41) is 6.76. The van der Waals surface area contributed by atoms with Gasteiger partial charge in [0.15, 0.2) is 0 Å². The number of nitrogens with zero attached hydrogens (tertiary/aromatic N) is 4. The lowest BCUT2D eigenvalue weighted by Gasteiger charge is -2.32. The van der Waals surface area contributed by atoms with Crippen LogP contribution in [0, 0.1) is 11.6 Å². The third kappa shape index (κ3) is 3.19. The van der Waals surface area contributed by atoms with Crippen molar-refractivity contribution in [1.82, 2.24) is 24.6 Å². The maximum atomic E-state index is 14.1. The van der Waals surface area contributed by atoms with Gasteiger partial charge in [-0.3, -0.25) is 10.00 Å². The third-order valence-corrected chi connectivity index (χ3v) is 4.83. The van der Waals surface area contributed by atoms with Crippen LogP contribution in [0.4, 0.5) is 8.78 Å². The van der Waals surface area contributed by atoms with E-state index in [0.29, 0.717) is 18.3 Å². The zero-order valence-electron chi connectivity index (χ0n) is 13.7. The second-order valence-corrected chi connectivity index (χ2v) is 6.38. The zero-order valence-corrected chi connectivity index (χ0v) is 13.7. The fraction of sp³-hybridized carbons (Fsp3) is 0.333. The molecular formula is C18H19F2N5. The van der Waals surface area contributed by atoms with Crippen molar-refractivity contribution < 1.29 is 8.78 Å². The summed E-state index contributed by atoms with van der Waals surface area (Å²) in [5.74, 6) is -1.16. The fourth-order valence-corrected chi connectivity index (χ4v) is 3.49. The molecule has 0 amide bonds. The number of nitrogens with one attached hydrogen (secondary N) is 1. The standard InChI is InChI=1S/C18H19F2N5/c19-15-2-1-3-16(20)17(15)18-13(10-22-23-18)11-24-7-4-14(5-8-24)25-9-6-21-12-25/h1-3,6,9-10,12,14H,4-5,7-8,11H2,(H,22,23). The van der Waals surface area contributed by atoms with Gasteiger partial charge >= 0.3 is 0 Å². The molecule has 0 atom stereocenters. The summed E-state index contributed by atoms with van der Waals surface area (Å²) in [5.41, 5.74) is 1.20. The quantitative estimate of drug-likeness (QED) is 0.790. The van der Waals surface area contributed by atoms with E-state index in [1.807, 2.05) is 12.5 Å². The van der Waals surface area contributed by atoms with Crippen molar-refractivity contribution in [3.05, 3.63) is 60.3 Å². The number of rotatable bonds is 4. The van der Waals surface area contributed by atoms with Crippen molar-refractivity contribution in [3.8, 4) is 11.3 Å². The van der Waals surface area contributed by atoms with Gasteiger partial charge in [-0.15, -0.1) is 0 Å². The monoisotopic (exact) mass is 343 g/mol. The number of imidazole rings is 1. The van der Waals surface area contributed by atoms with Crippen LogP contribution in [0.15, 0.2) is 43.1 Å². The lowest BCUT2D eigenvalue weighted by Crippen LogP contribution is -2.34. The summed E-state index contributed by atoms with van der Waals surface area (Å²) in [6, 6.07) is 4.36. The van der Waals surface area contributed by atoms with Crippen molar-refractivity contribution in [1.29, 1.82) is 0 Å². The van der Waals surface area contributed by atoms with Crippen LogP contribution >= 0.6 is 0 Å². The number of halogens is 2. The van der Waals surface area contributed by atoms with Crippen molar-refractivity contribution in [3.63, 3.8) is 0 Å². The van der Waals surface area contributed by atoms with E-state index in [0.717, 1.165) is 31.5 Å². The first-order valence-corrected chi connectivity index (χ1v) is 8.39. The number of aromatic amines is 1. The van der Waals surface area contributed by atoms with Crippen LogP contribution < -0.4 is 0 Å². The molecule has 5 nitrogen and oxygen atoms in total. The number of piperidine rings is 1. The Hall–Kier alpha value is -2.54. The first-order chi connectivity index (χ1) is 12.2. The Morgan fingerprint density at radius 2 is 1.92 bits per heavy atom. The van der Waals surface area contributed by atoms with E-state index in [1.54, 1.807) is 12.4 Å². The third-order valence-electron chi connectivity index (χ3n) is 4.83. The van der Waals surface area contributed by atoms with Gasteiger partial charge in [0.2, 0.25) is 0 Å². The molecule has 1 aliphatic rings. The van der Waals surface area contributed by atoms with E-state index >= 15 is 0 Å². The number of hydrogen-bond acceptors (Lipinski definition) is 3. The number of aromatic nitrogens is 4. The smallest absolute Gasteiger partial charge is 0.135 e. The zero-order chi connectivity index (χ0) is 17.2. The average molecular weight is 343 g/mol. The van der Waals surface area contributed by atoms with Crippen LogP contribution in [0.2, 0.25) is 0 Å². The molecule has 0 radical (unpaired) electrons. The highest BCUT2D eigenvalue weighted by Gasteiger charge is 2.23. The van der Waals surface area contributed by atoms with Gasteiger partial charge in [0.05, 0.1) is 23.8 Å². The van der Waals surface area contributed by atoms with Crippen molar-refractivity contribution in [2.75, 3.05) is 13.1 Å². The topological polar surface area (TPSA) is 49.7 Å². The predicted molar refractivity (Wildman–Crippen MR) is 89.7 cm³/mol. The Morgan fingerprint density at radius 1 is 1.16 bits per heavy atom. The molecule has 1 aliphatic heterocycles. The molecule has 0 spiro atoms. The van der Waals surface area contributed by atoms with Crippen LogP contribution in [0.5, 0.6) is 0 Å². The summed E-state index contributed by atoms with van der Waals surface area (Å²) in [7, 11) is 0. The molecule has 1 fully saturated rings. The van der Waals surface area contributed by atoms with Crippen LogP contribution in [-0.2, 0) is 6.54 Å². The summed E-state index contributed by atoms with van der Waals surface area (Å²) in [4.78, 5) is 6.40. The van der Waals surface area contributed by atoms with E-state index in [2.05, 4.69) is 24.6 Å². The number of H-pyrrole nitrogens is 1. The van der Waals surface area contributed by atoms with E-state index in [9.17, 15) is 8.78 Å². The van der Waals surface area contributed by atoms with Crippen LogP contribution in [0.25, 0.3) is 11.3 Å². The minimum absolute atomic E-state index is 0.0386. The Balaban J connectivity index is 1.47. The van der Waals surface area contributed by atoms with Gasteiger partial charge in [0.1, 0.15) is 11.6 Å². The minimum atomic E-state index is -0.579. The van der Waals surface area contributed by atoms with Crippen LogP contribution in [0.1, 0.15) is 24.4 Å². The molecule has 1 aromatic carbocycles. The normalized spacial score (nSPS) is 16.4. The second-order valence-electron chi connectivity index (χ2n) is 6.38. The van der Waals surface area contributed by atoms with Crippen molar-refractivity contribution in [2.45, 2.75) is 25.4 Å². The molecule has 130 valence electrons. The highest BCUT2D eigenvalue weighted by molar-refractivity contribution is 5.64. The van der Waals surface area contributed by atoms with Crippen LogP contribution in [-0.4, -0.2) is 37.7 Å². The molecule has 1 N–H and O–H groups in total. The number of likely N-dealkylation sites (tertiary alicyclic amines) is 1. The van der Waals surface area contributed by atoms with E-state index in [-0.39, 0.29) is 5.56 Å². The molecule has 2 aromatic heterocycles. The molecule has 4 rings (SSSR count). The van der Waals surface area contributed by atoms with Gasteiger partial charge in [-0.25, -0.2) is 13.8 Å². The van der Waals surface area contributed by atoms with Crippen molar-refractivity contribution in [2.24, 2.45) is 0 Å². The van der Waals surface area contributed by atoms with Gasteiger partial charge < -0.3 is 4.57 Å². The van der Waals surface area contributed by atoms with E-state index in [4.69, 9.17) is 0 Å².